The number of nitrogens with one attached hydrogen (secondary N) is 1. The molecule has 0 heterocycles. The van der Waals surface area contributed by atoms with Gasteiger partial charge >= 0.3 is 24.8 Å². The second-order valence-corrected chi connectivity index (χ2v) is 1.95. The van der Waals surface area contributed by atoms with Crippen LogP contribution >= 0.6 is 0 Å². The minimum absolute atomic E-state index is 0. The fourth-order valence-corrected chi connectivity index (χ4v) is 0.369. The zero-order valence-corrected chi connectivity index (χ0v) is 5.61. The Kier molecular flexibility index (Phi) is 8.17. The summed E-state index contributed by atoms with van der Waals surface area (Å²) in [5.74, 6) is -1.01. The summed E-state index contributed by atoms with van der Waals surface area (Å²) < 4.78 is 0. The molecular formula is C5H12LiNO4. The standard InChI is InChI=1S/C5H11NO4.Li.H/c1-3(5(9)10)6-2-4(7)8;;/h3-4,6-8H,2H2,1H3,(H,9,10);;. The molecule has 6 heteroatoms. The predicted molar refractivity (Wildman–Crippen MR) is 40.5 cm³/mol. The molecule has 1 unspecified atom stereocenters. The Morgan fingerprint density at radius 2 is 2.00 bits per heavy atom. The maximum absolute atomic E-state index is 10.1. The number of aliphatic carboxylic acids is 1. The van der Waals surface area contributed by atoms with Gasteiger partial charge < -0.3 is 15.3 Å². The van der Waals surface area contributed by atoms with Gasteiger partial charge in [0.2, 0.25) is 0 Å². The fourth-order valence-electron chi connectivity index (χ4n) is 0.369. The van der Waals surface area contributed by atoms with E-state index < -0.39 is 18.3 Å². The van der Waals surface area contributed by atoms with Crippen molar-refractivity contribution in [2.45, 2.75) is 19.3 Å². The normalized spacial score (nSPS) is 12.4. The van der Waals surface area contributed by atoms with E-state index in [0.29, 0.717) is 0 Å². The molecule has 0 aromatic rings. The first-order valence-corrected chi connectivity index (χ1v) is 2.86. The molecule has 0 saturated heterocycles. The van der Waals surface area contributed by atoms with Crippen LogP contribution in [0.2, 0.25) is 0 Å². The van der Waals surface area contributed by atoms with Crippen molar-refractivity contribution in [3.8, 4) is 0 Å². The van der Waals surface area contributed by atoms with E-state index in [4.69, 9.17) is 15.3 Å². The first-order valence-electron chi connectivity index (χ1n) is 2.86. The van der Waals surface area contributed by atoms with Crippen LogP contribution in [-0.4, -0.2) is 59.0 Å². The quantitative estimate of drug-likeness (QED) is 0.272. The van der Waals surface area contributed by atoms with Crippen molar-refractivity contribution in [2.24, 2.45) is 0 Å². The van der Waals surface area contributed by atoms with E-state index in [1.54, 1.807) is 0 Å². The van der Waals surface area contributed by atoms with Crippen molar-refractivity contribution in [3.63, 3.8) is 0 Å². The summed E-state index contributed by atoms with van der Waals surface area (Å²) >= 11 is 0. The molecule has 0 radical (unpaired) electrons. The van der Waals surface area contributed by atoms with Crippen molar-refractivity contribution in [1.82, 2.24) is 5.32 Å². The van der Waals surface area contributed by atoms with Crippen molar-refractivity contribution >= 4 is 24.8 Å². The SMILES string of the molecule is CC(NCC(O)O)C(=O)O.[LiH]. The first-order chi connectivity index (χ1) is 4.54. The number of rotatable bonds is 4. The van der Waals surface area contributed by atoms with Crippen LogP contribution in [0.5, 0.6) is 0 Å². The van der Waals surface area contributed by atoms with Crippen LogP contribution in [0.1, 0.15) is 6.92 Å². The topological polar surface area (TPSA) is 89.8 Å². The number of carboxylic acids is 1. The molecule has 0 fully saturated rings. The van der Waals surface area contributed by atoms with Crippen LogP contribution in [0.4, 0.5) is 0 Å². The van der Waals surface area contributed by atoms with Gasteiger partial charge in [-0.3, -0.25) is 10.1 Å². The van der Waals surface area contributed by atoms with E-state index in [1.165, 1.54) is 6.92 Å². The molecule has 0 bridgehead atoms. The average molecular weight is 157 g/mol. The molecule has 0 rings (SSSR count). The fraction of sp³-hybridized carbons (Fsp3) is 0.800. The van der Waals surface area contributed by atoms with Crippen LogP contribution in [0, 0.1) is 0 Å². The molecule has 4 N–H and O–H groups in total. The third-order valence-corrected chi connectivity index (χ3v) is 0.977. The minimum atomic E-state index is -1.50. The summed E-state index contributed by atoms with van der Waals surface area (Å²) in [4.78, 5) is 10.1. The molecule has 0 aliphatic rings. The summed E-state index contributed by atoms with van der Waals surface area (Å²) in [5.41, 5.74) is 0. The monoisotopic (exact) mass is 157 g/mol. The summed E-state index contributed by atoms with van der Waals surface area (Å²) in [7, 11) is 0. The molecule has 1 atom stereocenters. The van der Waals surface area contributed by atoms with Gasteiger partial charge in [-0.05, 0) is 6.92 Å². The predicted octanol–water partition coefficient (Wildman–Crippen LogP) is -2.29. The molecule has 0 aliphatic heterocycles. The van der Waals surface area contributed by atoms with E-state index in [-0.39, 0.29) is 25.4 Å². The Labute approximate surface area is 76.6 Å². The van der Waals surface area contributed by atoms with Crippen LogP contribution in [-0.2, 0) is 4.79 Å². The summed E-state index contributed by atoms with van der Waals surface area (Å²) in [6.07, 6.45) is -1.50. The van der Waals surface area contributed by atoms with Gasteiger partial charge in [-0.25, -0.2) is 0 Å². The van der Waals surface area contributed by atoms with Crippen molar-refractivity contribution in [2.75, 3.05) is 6.54 Å². The number of aliphatic hydroxyl groups is 2. The Morgan fingerprint density at radius 1 is 1.55 bits per heavy atom. The van der Waals surface area contributed by atoms with E-state index >= 15 is 0 Å². The van der Waals surface area contributed by atoms with Gasteiger partial charge in [0.15, 0.2) is 6.29 Å². The van der Waals surface area contributed by atoms with Gasteiger partial charge in [-0.1, -0.05) is 0 Å². The number of carbonyl (C=O) groups is 1. The molecule has 0 amide bonds. The summed E-state index contributed by atoms with van der Waals surface area (Å²) in [6, 6.07) is -0.748. The van der Waals surface area contributed by atoms with Crippen molar-refractivity contribution in [3.05, 3.63) is 0 Å². The van der Waals surface area contributed by atoms with Gasteiger partial charge in [0.1, 0.15) is 6.04 Å². The maximum atomic E-state index is 10.1. The molecule has 0 aliphatic carbocycles. The van der Waals surface area contributed by atoms with Crippen LogP contribution in [0.3, 0.4) is 0 Å². The summed E-state index contributed by atoms with van der Waals surface area (Å²) in [5, 5.41) is 27.2. The molecule has 5 nitrogen and oxygen atoms in total. The van der Waals surface area contributed by atoms with Crippen LogP contribution in [0.15, 0.2) is 0 Å². The molecule has 62 valence electrons. The van der Waals surface area contributed by atoms with Gasteiger partial charge in [0.05, 0.1) is 0 Å². The molecular weight excluding hydrogens is 145 g/mol. The van der Waals surface area contributed by atoms with Gasteiger partial charge in [-0.15, -0.1) is 0 Å². The number of aliphatic hydroxyl groups excluding tert-OH is 1. The van der Waals surface area contributed by atoms with E-state index in [9.17, 15) is 4.79 Å². The average Bonchev–Trinajstić information content (AvgIpc) is 1.82. The number of hydrogen-bond acceptors (Lipinski definition) is 4. The number of hydrogen-bond donors (Lipinski definition) is 4. The Morgan fingerprint density at radius 3 is 2.27 bits per heavy atom. The molecule has 11 heavy (non-hydrogen) atoms. The third kappa shape index (κ3) is 7.85. The van der Waals surface area contributed by atoms with Gasteiger partial charge in [0.25, 0.3) is 0 Å². The second kappa shape index (κ2) is 6.64. The Balaban J connectivity index is 0. The second-order valence-electron chi connectivity index (χ2n) is 1.95. The number of carboxylic acid groups (broad SMARTS) is 1. The third-order valence-electron chi connectivity index (χ3n) is 0.977. The Hall–Kier alpha value is -0.0526. The molecule has 0 aromatic heterocycles. The van der Waals surface area contributed by atoms with Crippen molar-refractivity contribution < 1.29 is 20.1 Å². The zero-order chi connectivity index (χ0) is 8.15. The van der Waals surface area contributed by atoms with Crippen molar-refractivity contribution in [1.29, 1.82) is 0 Å². The van der Waals surface area contributed by atoms with E-state index in [1.807, 2.05) is 0 Å². The van der Waals surface area contributed by atoms with Crippen LogP contribution < -0.4 is 5.32 Å². The molecule has 0 spiro atoms. The summed E-state index contributed by atoms with van der Waals surface area (Å²) in [6.45, 7) is 1.29. The zero-order valence-electron chi connectivity index (χ0n) is 5.61. The first kappa shape index (κ1) is 13.5. The van der Waals surface area contributed by atoms with Crippen LogP contribution in [0.25, 0.3) is 0 Å². The molecule has 0 aromatic carbocycles. The van der Waals surface area contributed by atoms with Gasteiger partial charge in [-0.2, -0.15) is 0 Å². The Bertz CT molecular complexity index is 119. The van der Waals surface area contributed by atoms with Gasteiger partial charge in [0, 0.05) is 6.54 Å². The molecule has 0 saturated carbocycles. The van der Waals surface area contributed by atoms with E-state index in [0.717, 1.165) is 0 Å². The van der Waals surface area contributed by atoms with E-state index in [2.05, 4.69) is 5.32 Å².